The second kappa shape index (κ2) is 8.40. The van der Waals surface area contributed by atoms with E-state index in [0.29, 0.717) is 22.8 Å². The molecule has 5 nitrogen and oxygen atoms in total. The zero-order valence-corrected chi connectivity index (χ0v) is 16.0. The zero-order valence-electron chi connectivity index (χ0n) is 15.2. The van der Waals surface area contributed by atoms with Gasteiger partial charge in [0.25, 0.3) is 5.91 Å². The number of nitrogens with zero attached hydrogens (tertiary/aromatic N) is 1. The van der Waals surface area contributed by atoms with Gasteiger partial charge in [-0.2, -0.15) is 0 Å². The van der Waals surface area contributed by atoms with Crippen molar-refractivity contribution in [2.24, 2.45) is 0 Å². The zero-order chi connectivity index (χ0) is 18.6. The number of likely N-dealkylation sites (tertiary alicyclic amines) is 1. The van der Waals surface area contributed by atoms with Gasteiger partial charge in [0.15, 0.2) is 0 Å². The molecule has 3 N–H and O–H groups in total. The minimum absolute atomic E-state index is 0.0410. The van der Waals surface area contributed by atoms with Gasteiger partial charge in [-0.25, -0.2) is 10.9 Å². The molecule has 2 fully saturated rings. The Morgan fingerprint density at radius 3 is 2.56 bits per heavy atom. The number of nitrogens with one attached hydrogen (secondary N) is 3. The molecule has 4 rings (SSSR count). The maximum Gasteiger partial charge on any atom is 0.251 e. The number of carbonyl (C=O) groups excluding carboxylic acids is 1. The van der Waals surface area contributed by atoms with Crippen molar-refractivity contribution in [2.75, 3.05) is 13.1 Å². The van der Waals surface area contributed by atoms with E-state index in [0.717, 1.165) is 32.4 Å². The van der Waals surface area contributed by atoms with Crippen molar-refractivity contribution < 1.29 is 4.79 Å². The second-order valence-corrected chi connectivity index (χ2v) is 7.73. The van der Waals surface area contributed by atoms with Crippen LogP contribution in [-0.4, -0.2) is 36.1 Å². The van der Waals surface area contributed by atoms with Crippen LogP contribution >= 0.6 is 11.6 Å². The molecular weight excluding hydrogens is 360 g/mol. The van der Waals surface area contributed by atoms with Crippen LogP contribution in [0.4, 0.5) is 0 Å². The fourth-order valence-corrected chi connectivity index (χ4v) is 4.13. The summed E-state index contributed by atoms with van der Waals surface area (Å²) in [5.74, 6) is -0.0410. The van der Waals surface area contributed by atoms with E-state index in [2.05, 4.69) is 45.3 Å². The van der Waals surface area contributed by atoms with Gasteiger partial charge in [-0.3, -0.25) is 9.69 Å². The third kappa shape index (κ3) is 4.50. The maximum absolute atomic E-state index is 12.4. The lowest BCUT2D eigenvalue weighted by atomic mass is 10.0. The van der Waals surface area contributed by atoms with Crippen LogP contribution in [0.5, 0.6) is 0 Å². The first-order chi connectivity index (χ1) is 13.2. The Hall–Kier alpha value is -1.92. The van der Waals surface area contributed by atoms with Crippen LogP contribution in [0.1, 0.15) is 41.2 Å². The molecule has 2 aliphatic rings. The molecule has 1 amide bonds. The molecule has 0 bridgehead atoms. The third-order valence-corrected chi connectivity index (χ3v) is 5.71. The van der Waals surface area contributed by atoms with Gasteiger partial charge in [0.05, 0.1) is 6.17 Å². The monoisotopic (exact) mass is 384 g/mol. The molecule has 6 heteroatoms. The molecule has 0 saturated carbocycles. The predicted molar refractivity (Wildman–Crippen MR) is 107 cm³/mol. The molecule has 2 aromatic rings. The lowest BCUT2D eigenvalue weighted by molar-refractivity contribution is 0.0880. The maximum atomic E-state index is 12.4. The van der Waals surface area contributed by atoms with Crippen molar-refractivity contribution in [3.05, 3.63) is 70.7 Å². The summed E-state index contributed by atoms with van der Waals surface area (Å²) in [7, 11) is 0. The Morgan fingerprint density at radius 2 is 1.81 bits per heavy atom. The molecule has 2 aliphatic heterocycles. The first-order valence-corrected chi connectivity index (χ1v) is 9.93. The molecule has 142 valence electrons. The molecule has 0 spiro atoms. The lowest BCUT2D eigenvalue weighted by Crippen LogP contribution is -2.51. The first-order valence-electron chi connectivity index (χ1n) is 9.55. The van der Waals surface area contributed by atoms with Crippen LogP contribution < -0.4 is 16.2 Å². The average molecular weight is 385 g/mol. The van der Waals surface area contributed by atoms with E-state index >= 15 is 0 Å². The molecule has 2 atom stereocenters. The summed E-state index contributed by atoms with van der Waals surface area (Å²) in [6, 6.07) is 18.2. The molecular formula is C21H25ClN4O. The van der Waals surface area contributed by atoms with Crippen molar-refractivity contribution in [1.82, 2.24) is 21.1 Å². The number of benzene rings is 2. The van der Waals surface area contributed by atoms with Crippen molar-refractivity contribution in [1.29, 1.82) is 0 Å². The average Bonchev–Trinajstić information content (AvgIpc) is 3.19. The van der Waals surface area contributed by atoms with E-state index in [-0.39, 0.29) is 11.9 Å². The standard InChI is InChI=1S/C21H25ClN4O/c22-17-8-4-7-16(13-17)21(27)23-18-9-11-26(12-10-18)20-14-19(24-25-20)15-5-2-1-3-6-15/h1-8,13,18-20,24-25H,9-12,14H2,(H,23,27). The van der Waals surface area contributed by atoms with Gasteiger partial charge in [0.1, 0.15) is 0 Å². The van der Waals surface area contributed by atoms with Gasteiger partial charge in [0, 0.05) is 35.8 Å². The normalized spacial score (nSPS) is 24.0. The van der Waals surface area contributed by atoms with Crippen LogP contribution in [0.2, 0.25) is 5.02 Å². The summed E-state index contributed by atoms with van der Waals surface area (Å²) >= 11 is 5.98. The minimum Gasteiger partial charge on any atom is -0.349 e. The fraction of sp³-hybridized carbons (Fsp3) is 0.381. The Bertz CT molecular complexity index is 777. The molecule has 2 unspecified atom stereocenters. The Kier molecular flexibility index (Phi) is 5.74. The topological polar surface area (TPSA) is 56.4 Å². The minimum atomic E-state index is -0.0410. The van der Waals surface area contributed by atoms with Gasteiger partial charge >= 0.3 is 0 Å². The Balaban J connectivity index is 1.26. The summed E-state index contributed by atoms with van der Waals surface area (Å²) in [5.41, 5.74) is 8.79. The van der Waals surface area contributed by atoms with Crippen LogP contribution in [-0.2, 0) is 0 Å². The van der Waals surface area contributed by atoms with Gasteiger partial charge in [-0.15, -0.1) is 0 Å². The predicted octanol–water partition coefficient (Wildman–Crippen LogP) is 3.10. The van der Waals surface area contributed by atoms with Crippen LogP contribution in [0, 0.1) is 0 Å². The Morgan fingerprint density at radius 1 is 1.04 bits per heavy atom. The largest absolute Gasteiger partial charge is 0.349 e. The quantitative estimate of drug-likeness (QED) is 0.758. The number of hydrogen-bond donors (Lipinski definition) is 3. The fourth-order valence-electron chi connectivity index (χ4n) is 3.94. The van der Waals surface area contributed by atoms with Gasteiger partial charge in [0.2, 0.25) is 0 Å². The molecule has 2 aromatic carbocycles. The lowest BCUT2D eigenvalue weighted by Gasteiger charge is -2.35. The number of amides is 1. The highest BCUT2D eigenvalue weighted by molar-refractivity contribution is 6.30. The number of halogens is 1. The smallest absolute Gasteiger partial charge is 0.251 e. The van der Waals surface area contributed by atoms with E-state index in [4.69, 9.17) is 11.6 Å². The Labute approximate surface area is 165 Å². The van der Waals surface area contributed by atoms with Gasteiger partial charge in [-0.05, 0) is 43.0 Å². The van der Waals surface area contributed by atoms with Crippen molar-refractivity contribution in [3.63, 3.8) is 0 Å². The van der Waals surface area contributed by atoms with Crippen LogP contribution in [0.15, 0.2) is 54.6 Å². The van der Waals surface area contributed by atoms with E-state index in [1.54, 1.807) is 18.2 Å². The summed E-state index contributed by atoms with van der Waals surface area (Å²) < 4.78 is 0. The summed E-state index contributed by atoms with van der Waals surface area (Å²) in [6.45, 7) is 1.95. The van der Waals surface area contributed by atoms with E-state index in [1.807, 2.05) is 12.1 Å². The number of carbonyl (C=O) groups is 1. The SMILES string of the molecule is O=C(NC1CCN(C2CC(c3ccccc3)NN2)CC1)c1cccc(Cl)c1. The summed E-state index contributed by atoms with van der Waals surface area (Å²) in [6.07, 6.45) is 3.30. The third-order valence-electron chi connectivity index (χ3n) is 5.48. The number of hydrazine groups is 1. The first kappa shape index (κ1) is 18.4. The van der Waals surface area contributed by atoms with E-state index in [1.165, 1.54) is 5.56 Å². The number of hydrogen-bond acceptors (Lipinski definition) is 4. The van der Waals surface area contributed by atoms with Crippen molar-refractivity contribution in [2.45, 2.75) is 37.5 Å². The highest BCUT2D eigenvalue weighted by atomic mass is 35.5. The molecule has 0 aliphatic carbocycles. The van der Waals surface area contributed by atoms with E-state index in [9.17, 15) is 4.79 Å². The highest BCUT2D eigenvalue weighted by Crippen LogP contribution is 2.25. The summed E-state index contributed by atoms with van der Waals surface area (Å²) in [5, 5.41) is 3.74. The van der Waals surface area contributed by atoms with Gasteiger partial charge < -0.3 is 5.32 Å². The van der Waals surface area contributed by atoms with Crippen LogP contribution in [0.25, 0.3) is 0 Å². The number of piperidine rings is 1. The van der Waals surface area contributed by atoms with E-state index < -0.39 is 0 Å². The molecule has 2 heterocycles. The molecule has 0 aromatic heterocycles. The van der Waals surface area contributed by atoms with Crippen molar-refractivity contribution >= 4 is 17.5 Å². The second-order valence-electron chi connectivity index (χ2n) is 7.30. The van der Waals surface area contributed by atoms with Gasteiger partial charge in [-0.1, -0.05) is 48.0 Å². The molecule has 0 radical (unpaired) electrons. The number of rotatable bonds is 4. The summed E-state index contributed by atoms with van der Waals surface area (Å²) in [4.78, 5) is 14.9. The highest BCUT2D eigenvalue weighted by Gasteiger charge is 2.32. The van der Waals surface area contributed by atoms with Crippen molar-refractivity contribution in [3.8, 4) is 0 Å². The molecule has 2 saturated heterocycles. The van der Waals surface area contributed by atoms with Crippen LogP contribution in [0.3, 0.4) is 0 Å². The molecule has 27 heavy (non-hydrogen) atoms.